The Kier molecular flexibility index (Phi) is 6.75. The van der Waals surface area contributed by atoms with E-state index >= 15 is 0 Å². The Morgan fingerprint density at radius 3 is 1.46 bits per heavy atom. The van der Waals surface area contributed by atoms with E-state index in [0.29, 0.717) is 0 Å². The van der Waals surface area contributed by atoms with Crippen LogP contribution in [0.5, 0.6) is 0 Å². The minimum Gasteiger partial charge on any atom is -0.310 e. The largest absolute Gasteiger partial charge is 0.310 e. The molecule has 50 heavy (non-hydrogen) atoms. The topological polar surface area (TPSA) is 3.24 Å². The summed E-state index contributed by atoms with van der Waals surface area (Å²) < 4.78 is 2.62. The lowest BCUT2D eigenvalue weighted by molar-refractivity contribution is 1.30. The molecule has 10 rings (SSSR count). The van der Waals surface area contributed by atoms with E-state index in [9.17, 15) is 0 Å². The summed E-state index contributed by atoms with van der Waals surface area (Å²) in [7, 11) is 0. The normalized spacial score (nSPS) is 11.6. The molecular weight excluding hydrogens is 623 g/mol. The Labute approximate surface area is 294 Å². The van der Waals surface area contributed by atoms with Gasteiger partial charge in [-0.15, -0.1) is 11.3 Å². The lowest BCUT2D eigenvalue weighted by Gasteiger charge is -2.26. The molecule has 0 amide bonds. The van der Waals surface area contributed by atoms with E-state index in [1.165, 1.54) is 74.7 Å². The van der Waals surface area contributed by atoms with E-state index in [1.807, 2.05) is 11.3 Å². The average molecular weight is 654 g/mol. The van der Waals surface area contributed by atoms with Gasteiger partial charge in [-0.2, -0.15) is 0 Å². The second-order valence-corrected chi connectivity index (χ2v) is 14.1. The summed E-state index contributed by atoms with van der Waals surface area (Å²) >= 11 is 1.86. The van der Waals surface area contributed by atoms with E-state index < -0.39 is 0 Å². The minimum atomic E-state index is 1.13. The van der Waals surface area contributed by atoms with Gasteiger partial charge in [0.1, 0.15) is 0 Å². The van der Waals surface area contributed by atoms with Crippen molar-refractivity contribution in [2.24, 2.45) is 0 Å². The highest BCUT2D eigenvalue weighted by atomic mass is 32.1. The Bertz CT molecular complexity index is 2880. The van der Waals surface area contributed by atoms with Crippen LogP contribution in [-0.2, 0) is 0 Å². The maximum Gasteiger partial charge on any atom is 0.0476 e. The van der Waals surface area contributed by atoms with Gasteiger partial charge in [-0.05, 0) is 115 Å². The maximum absolute atomic E-state index is 2.39. The van der Waals surface area contributed by atoms with Crippen LogP contribution >= 0.6 is 11.3 Å². The number of thiophene rings is 1. The zero-order chi connectivity index (χ0) is 33.0. The highest BCUT2D eigenvalue weighted by Crippen LogP contribution is 2.42. The number of hydrogen-bond acceptors (Lipinski definition) is 2. The summed E-state index contributed by atoms with van der Waals surface area (Å²) in [5, 5.41) is 10.1. The van der Waals surface area contributed by atoms with E-state index in [1.54, 1.807) is 0 Å². The van der Waals surface area contributed by atoms with Crippen molar-refractivity contribution >= 4 is 80.9 Å². The molecule has 0 aliphatic heterocycles. The first-order chi connectivity index (χ1) is 24.7. The van der Waals surface area contributed by atoms with E-state index in [0.717, 1.165) is 17.1 Å². The fourth-order valence-electron chi connectivity index (χ4n) is 7.39. The van der Waals surface area contributed by atoms with Crippen molar-refractivity contribution in [3.05, 3.63) is 188 Å². The second-order valence-electron chi connectivity index (χ2n) is 13.0. The number of benzene rings is 9. The molecule has 0 saturated carbocycles. The van der Waals surface area contributed by atoms with Gasteiger partial charge in [-0.3, -0.25) is 0 Å². The van der Waals surface area contributed by atoms with Crippen molar-refractivity contribution in [2.75, 3.05) is 4.90 Å². The first kappa shape index (κ1) is 28.8. The van der Waals surface area contributed by atoms with Crippen LogP contribution in [0, 0.1) is 0 Å². The summed E-state index contributed by atoms with van der Waals surface area (Å²) in [5.41, 5.74) is 8.31. The Balaban J connectivity index is 1.04. The van der Waals surface area contributed by atoms with Crippen molar-refractivity contribution < 1.29 is 0 Å². The van der Waals surface area contributed by atoms with Crippen molar-refractivity contribution in [2.45, 2.75) is 0 Å². The maximum atomic E-state index is 2.39. The number of nitrogens with zero attached hydrogens (tertiary/aromatic N) is 1. The van der Waals surface area contributed by atoms with Gasteiger partial charge in [0, 0.05) is 37.2 Å². The average Bonchev–Trinajstić information content (AvgIpc) is 3.55. The summed E-state index contributed by atoms with van der Waals surface area (Å²) in [4.78, 5) is 2.39. The van der Waals surface area contributed by atoms with Crippen molar-refractivity contribution in [1.82, 2.24) is 0 Å². The lowest BCUT2D eigenvalue weighted by Crippen LogP contribution is -2.09. The fraction of sp³-hybridized carbons (Fsp3) is 0. The summed E-state index contributed by atoms with van der Waals surface area (Å²) in [6.45, 7) is 0. The van der Waals surface area contributed by atoms with Crippen molar-refractivity contribution in [1.29, 1.82) is 0 Å². The Morgan fingerprint density at radius 2 is 0.740 bits per heavy atom. The number of anilines is 3. The van der Waals surface area contributed by atoms with E-state index in [4.69, 9.17) is 0 Å². The molecular formula is C48H31NS. The van der Waals surface area contributed by atoms with Gasteiger partial charge in [0.25, 0.3) is 0 Å². The van der Waals surface area contributed by atoms with E-state index in [-0.39, 0.29) is 0 Å². The zero-order valence-corrected chi connectivity index (χ0v) is 28.1. The number of fused-ring (bicyclic) bond motifs is 6. The highest BCUT2D eigenvalue weighted by Gasteiger charge is 2.16. The lowest BCUT2D eigenvalue weighted by atomic mass is 9.96. The quantitative estimate of drug-likeness (QED) is 0.179. The molecule has 0 radical (unpaired) electrons. The van der Waals surface area contributed by atoms with Crippen LogP contribution in [0.1, 0.15) is 0 Å². The third-order valence-electron chi connectivity index (χ3n) is 9.99. The van der Waals surface area contributed by atoms with Crippen LogP contribution < -0.4 is 4.90 Å². The van der Waals surface area contributed by atoms with Crippen molar-refractivity contribution in [3.8, 4) is 22.3 Å². The molecule has 1 heterocycles. The fourth-order valence-corrected chi connectivity index (χ4v) is 8.53. The van der Waals surface area contributed by atoms with Crippen LogP contribution in [0.25, 0.3) is 74.7 Å². The Hall–Kier alpha value is -6.22. The number of hydrogen-bond donors (Lipinski definition) is 0. The molecule has 1 aromatic heterocycles. The first-order valence-electron chi connectivity index (χ1n) is 17.1. The molecule has 2 heteroatoms. The molecule has 0 fully saturated rings. The standard InChI is InChI=1S/C48H31NS/c1-3-9-36-27-39(17-13-32(36)7-1)40-18-15-35-14-16-38(28-41(35)29-40)34-19-22-42(23-20-34)49(43-24-21-33-8-2-4-10-37(33)30-43)44-25-26-46-45-11-5-6-12-47(45)50-48(46)31-44/h1-31H. The molecule has 1 nitrogen and oxygen atoms in total. The summed E-state index contributed by atoms with van der Waals surface area (Å²) in [5.74, 6) is 0. The highest BCUT2D eigenvalue weighted by molar-refractivity contribution is 7.25. The third-order valence-corrected chi connectivity index (χ3v) is 11.1. The van der Waals surface area contributed by atoms with Crippen LogP contribution in [-0.4, -0.2) is 0 Å². The monoisotopic (exact) mass is 653 g/mol. The van der Waals surface area contributed by atoms with E-state index in [2.05, 4.69) is 193 Å². The summed E-state index contributed by atoms with van der Waals surface area (Å²) in [6.07, 6.45) is 0. The molecule has 0 atom stereocenters. The van der Waals surface area contributed by atoms with Gasteiger partial charge in [0.05, 0.1) is 0 Å². The van der Waals surface area contributed by atoms with Gasteiger partial charge in [-0.1, -0.05) is 127 Å². The first-order valence-corrected chi connectivity index (χ1v) is 17.9. The van der Waals surface area contributed by atoms with Gasteiger partial charge in [0.2, 0.25) is 0 Å². The molecule has 0 bridgehead atoms. The van der Waals surface area contributed by atoms with Crippen molar-refractivity contribution in [3.63, 3.8) is 0 Å². The molecule has 10 aromatic rings. The van der Waals surface area contributed by atoms with Gasteiger partial charge < -0.3 is 4.90 Å². The van der Waals surface area contributed by atoms with Crippen LogP contribution in [0.4, 0.5) is 17.1 Å². The SMILES string of the molecule is c1ccc2cc(-c3ccc4ccc(-c5ccc(N(c6ccc7ccccc7c6)c6ccc7c(c6)sc6ccccc67)cc5)cc4c3)ccc2c1. The smallest absolute Gasteiger partial charge is 0.0476 e. The molecule has 0 unspecified atom stereocenters. The predicted octanol–water partition coefficient (Wildman–Crippen LogP) is 14.3. The third kappa shape index (κ3) is 5.01. The van der Waals surface area contributed by atoms with Crippen LogP contribution in [0.2, 0.25) is 0 Å². The second kappa shape index (κ2) is 11.7. The summed E-state index contributed by atoms with van der Waals surface area (Å²) in [6, 6.07) is 68.9. The van der Waals surface area contributed by atoms with Crippen LogP contribution in [0.15, 0.2) is 188 Å². The van der Waals surface area contributed by atoms with Crippen LogP contribution in [0.3, 0.4) is 0 Å². The van der Waals surface area contributed by atoms with Gasteiger partial charge >= 0.3 is 0 Å². The predicted molar refractivity (Wildman–Crippen MR) is 217 cm³/mol. The Morgan fingerprint density at radius 1 is 0.280 bits per heavy atom. The number of rotatable bonds is 5. The molecule has 9 aromatic carbocycles. The minimum absolute atomic E-state index is 1.13. The van der Waals surface area contributed by atoms with Gasteiger partial charge in [-0.25, -0.2) is 0 Å². The molecule has 0 aliphatic carbocycles. The molecule has 0 aliphatic rings. The molecule has 0 N–H and O–H groups in total. The molecule has 0 saturated heterocycles. The zero-order valence-electron chi connectivity index (χ0n) is 27.3. The molecule has 234 valence electrons. The molecule has 0 spiro atoms. The van der Waals surface area contributed by atoms with Gasteiger partial charge in [0.15, 0.2) is 0 Å².